The number of aromatic nitrogens is 2. The molecule has 0 atom stereocenters. The Morgan fingerprint density at radius 2 is 2.00 bits per heavy atom. The SMILES string of the molecule is COc1cc(Nc2nc3ccccn3c2[N+](=O)[O-])c(OC)cc1Cl. The van der Waals surface area contributed by atoms with Crippen molar-refractivity contribution >= 4 is 34.6 Å². The largest absolute Gasteiger partial charge is 0.495 e. The maximum atomic E-state index is 11.4. The summed E-state index contributed by atoms with van der Waals surface area (Å²) >= 11 is 6.07. The molecule has 2 heterocycles. The van der Waals surface area contributed by atoms with Crippen molar-refractivity contribution in [2.24, 2.45) is 0 Å². The van der Waals surface area contributed by atoms with E-state index in [-0.39, 0.29) is 11.6 Å². The second-order valence-corrected chi connectivity index (χ2v) is 5.19. The highest BCUT2D eigenvalue weighted by Crippen LogP contribution is 2.38. The van der Waals surface area contributed by atoms with Crippen molar-refractivity contribution in [1.82, 2.24) is 9.38 Å². The molecule has 0 radical (unpaired) electrons. The van der Waals surface area contributed by atoms with Crippen molar-refractivity contribution in [2.75, 3.05) is 19.5 Å². The van der Waals surface area contributed by atoms with Gasteiger partial charge in [-0.3, -0.25) is 0 Å². The highest BCUT2D eigenvalue weighted by molar-refractivity contribution is 6.32. The topological polar surface area (TPSA) is 90.9 Å². The normalized spacial score (nSPS) is 10.6. The van der Waals surface area contributed by atoms with Crippen LogP contribution in [0.15, 0.2) is 36.5 Å². The molecule has 124 valence electrons. The first kappa shape index (κ1) is 15.9. The van der Waals surface area contributed by atoms with Crippen LogP contribution in [-0.2, 0) is 0 Å². The monoisotopic (exact) mass is 348 g/mol. The third-order valence-electron chi connectivity index (χ3n) is 3.40. The summed E-state index contributed by atoms with van der Waals surface area (Å²) in [4.78, 5) is 15.2. The summed E-state index contributed by atoms with van der Waals surface area (Å²) in [5.41, 5.74) is 0.900. The molecule has 3 aromatic rings. The van der Waals surface area contributed by atoms with Crippen LogP contribution in [0.25, 0.3) is 5.65 Å². The Labute approximate surface area is 141 Å². The summed E-state index contributed by atoms with van der Waals surface area (Å²) < 4.78 is 11.8. The van der Waals surface area contributed by atoms with Gasteiger partial charge in [0.05, 0.1) is 31.1 Å². The molecule has 0 unspecified atom stereocenters. The number of benzene rings is 1. The van der Waals surface area contributed by atoms with E-state index in [1.807, 2.05) is 0 Å². The van der Waals surface area contributed by atoms with E-state index in [1.54, 1.807) is 36.5 Å². The van der Waals surface area contributed by atoms with Gasteiger partial charge in [0.25, 0.3) is 0 Å². The molecule has 9 heteroatoms. The van der Waals surface area contributed by atoms with Crippen molar-refractivity contribution in [3.63, 3.8) is 0 Å². The third kappa shape index (κ3) is 2.67. The average Bonchev–Trinajstić information content (AvgIpc) is 2.94. The minimum absolute atomic E-state index is 0.0916. The van der Waals surface area contributed by atoms with Crippen LogP contribution >= 0.6 is 11.6 Å². The molecule has 0 bridgehead atoms. The van der Waals surface area contributed by atoms with Crippen LogP contribution in [0.2, 0.25) is 5.02 Å². The van der Waals surface area contributed by atoms with E-state index in [1.165, 1.54) is 18.6 Å². The van der Waals surface area contributed by atoms with Gasteiger partial charge in [0.1, 0.15) is 11.5 Å². The number of ether oxygens (including phenoxy) is 2. The smallest absolute Gasteiger partial charge is 0.372 e. The van der Waals surface area contributed by atoms with Gasteiger partial charge in [-0.2, -0.15) is 9.38 Å². The number of methoxy groups -OCH3 is 2. The van der Waals surface area contributed by atoms with Crippen LogP contribution in [0, 0.1) is 10.1 Å². The molecule has 0 fully saturated rings. The lowest BCUT2D eigenvalue weighted by molar-refractivity contribution is -0.389. The van der Waals surface area contributed by atoms with Gasteiger partial charge in [-0.1, -0.05) is 17.7 Å². The first-order valence-electron chi connectivity index (χ1n) is 6.85. The van der Waals surface area contributed by atoms with Gasteiger partial charge in [0.2, 0.25) is 11.5 Å². The van der Waals surface area contributed by atoms with Crippen molar-refractivity contribution in [3.05, 3.63) is 51.7 Å². The Bertz CT molecular complexity index is 925. The number of pyridine rings is 1. The summed E-state index contributed by atoms with van der Waals surface area (Å²) in [5.74, 6) is 0.731. The maximum absolute atomic E-state index is 11.4. The first-order chi connectivity index (χ1) is 11.5. The van der Waals surface area contributed by atoms with Gasteiger partial charge in [0.15, 0.2) is 0 Å². The molecule has 8 nitrogen and oxygen atoms in total. The molecule has 0 aliphatic heterocycles. The fourth-order valence-electron chi connectivity index (χ4n) is 2.33. The number of rotatable bonds is 5. The first-order valence-corrected chi connectivity index (χ1v) is 7.23. The van der Waals surface area contributed by atoms with Crippen molar-refractivity contribution < 1.29 is 14.4 Å². The molecule has 1 aromatic carbocycles. The van der Waals surface area contributed by atoms with E-state index in [0.717, 1.165) is 0 Å². The molecule has 0 aliphatic rings. The van der Waals surface area contributed by atoms with Crippen LogP contribution in [-0.4, -0.2) is 28.5 Å². The summed E-state index contributed by atoms with van der Waals surface area (Å²) in [6, 6.07) is 8.27. The summed E-state index contributed by atoms with van der Waals surface area (Å²) in [7, 11) is 2.95. The number of imidazole rings is 1. The zero-order chi connectivity index (χ0) is 17.3. The highest BCUT2D eigenvalue weighted by Gasteiger charge is 2.23. The molecule has 0 amide bonds. The van der Waals surface area contributed by atoms with Gasteiger partial charge in [-0.15, -0.1) is 0 Å². The lowest BCUT2D eigenvalue weighted by Crippen LogP contribution is -2.00. The van der Waals surface area contributed by atoms with E-state index in [0.29, 0.717) is 27.9 Å². The summed E-state index contributed by atoms with van der Waals surface area (Å²) in [6.45, 7) is 0. The van der Waals surface area contributed by atoms with E-state index in [9.17, 15) is 10.1 Å². The van der Waals surface area contributed by atoms with Crippen LogP contribution < -0.4 is 14.8 Å². The van der Waals surface area contributed by atoms with Crippen LogP contribution in [0.5, 0.6) is 11.5 Å². The Morgan fingerprint density at radius 3 is 2.67 bits per heavy atom. The van der Waals surface area contributed by atoms with E-state index in [4.69, 9.17) is 21.1 Å². The molecular formula is C15H13ClN4O4. The zero-order valence-electron chi connectivity index (χ0n) is 12.8. The summed E-state index contributed by atoms with van der Waals surface area (Å²) in [6.07, 6.45) is 1.57. The molecule has 0 spiro atoms. The Balaban J connectivity index is 2.13. The van der Waals surface area contributed by atoms with Crippen LogP contribution in [0.4, 0.5) is 17.3 Å². The minimum atomic E-state index is -0.498. The highest BCUT2D eigenvalue weighted by atomic mass is 35.5. The predicted molar refractivity (Wildman–Crippen MR) is 89.7 cm³/mol. The van der Waals surface area contributed by atoms with Gasteiger partial charge < -0.3 is 24.9 Å². The molecule has 3 rings (SSSR count). The number of fused-ring (bicyclic) bond motifs is 1. The quantitative estimate of drug-likeness (QED) is 0.559. The molecule has 0 saturated heterocycles. The third-order valence-corrected chi connectivity index (χ3v) is 3.70. The zero-order valence-corrected chi connectivity index (χ0v) is 13.6. The van der Waals surface area contributed by atoms with Crippen molar-refractivity contribution in [3.8, 4) is 11.5 Å². The van der Waals surface area contributed by atoms with Gasteiger partial charge in [-0.05, 0) is 11.0 Å². The maximum Gasteiger partial charge on any atom is 0.372 e. The standard InChI is InChI=1S/C15H13ClN4O4/c1-23-11-8-10(12(24-2)7-9(11)16)17-14-15(20(21)22)19-6-4-3-5-13(19)18-14/h3-8,17H,1-2H3. The van der Waals surface area contributed by atoms with Gasteiger partial charge in [0, 0.05) is 18.2 Å². The predicted octanol–water partition coefficient (Wildman–Crippen LogP) is 3.66. The molecule has 0 saturated carbocycles. The second-order valence-electron chi connectivity index (χ2n) is 4.78. The van der Waals surface area contributed by atoms with Gasteiger partial charge in [-0.25, -0.2) is 0 Å². The summed E-state index contributed by atoms with van der Waals surface area (Å²) in [5, 5.41) is 14.7. The lowest BCUT2D eigenvalue weighted by Gasteiger charge is -2.12. The second kappa shape index (κ2) is 6.25. The molecule has 2 aromatic heterocycles. The number of nitro groups is 1. The van der Waals surface area contributed by atoms with Crippen LogP contribution in [0.3, 0.4) is 0 Å². The molecule has 1 N–H and O–H groups in total. The minimum Gasteiger partial charge on any atom is -0.495 e. The number of nitrogens with one attached hydrogen (secondary N) is 1. The Morgan fingerprint density at radius 1 is 1.25 bits per heavy atom. The average molecular weight is 349 g/mol. The van der Waals surface area contributed by atoms with E-state index < -0.39 is 4.92 Å². The number of hydrogen-bond donors (Lipinski definition) is 1. The Hall–Kier alpha value is -3.00. The van der Waals surface area contributed by atoms with Gasteiger partial charge >= 0.3 is 5.82 Å². The fourth-order valence-corrected chi connectivity index (χ4v) is 2.56. The molecule has 0 aliphatic carbocycles. The lowest BCUT2D eigenvalue weighted by atomic mass is 10.2. The van der Waals surface area contributed by atoms with Crippen molar-refractivity contribution in [1.29, 1.82) is 0 Å². The number of halogens is 1. The van der Waals surface area contributed by atoms with E-state index in [2.05, 4.69) is 10.3 Å². The van der Waals surface area contributed by atoms with Crippen molar-refractivity contribution in [2.45, 2.75) is 0 Å². The van der Waals surface area contributed by atoms with Crippen LogP contribution in [0.1, 0.15) is 0 Å². The molecule has 24 heavy (non-hydrogen) atoms. The number of nitrogens with zero attached hydrogens (tertiary/aromatic N) is 3. The molecular weight excluding hydrogens is 336 g/mol. The fraction of sp³-hybridized carbons (Fsp3) is 0.133. The Kier molecular flexibility index (Phi) is 4.13. The van der Waals surface area contributed by atoms with E-state index >= 15 is 0 Å². The number of hydrogen-bond acceptors (Lipinski definition) is 6. The number of anilines is 2.